The number of hydrogen-bond donors (Lipinski definition) is 0. The average molecular weight is 385 g/mol. The number of halogens is 1. The maximum Gasteiger partial charge on any atom is 0.239 e. The van der Waals surface area contributed by atoms with Crippen LogP contribution in [0.3, 0.4) is 0 Å². The first kappa shape index (κ1) is 20.3. The van der Waals surface area contributed by atoms with Crippen LogP contribution in [0.1, 0.15) is 6.92 Å². The van der Waals surface area contributed by atoms with Crippen molar-refractivity contribution < 1.29 is 21.9 Å². The molecule has 134 valence electrons. The fourth-order valence-electron chi connectivity index (χ4n) is 3.44. The van der Waals surface area contributed by atoms with Crippen LogP contribution >= 0.6 is 7.26 Å². The predicted octanol–water partition coefficient (Wildman–Crippen LogP) is 0.546. The van der Waals surface area contributed by atoms with Gasteiger partial charge in [-0.1, -0.05) is 54.6 Å². The van der Waals surface area contributed by atoms with Crippen molar-refractivity contribution in [3.8, 4) is 0 Å². The lowest BCUT2D eigenvalue weighted by atomic mass is 10.3. The van der Waals surface area contributed by atoms with Crippen LogP contribution in [0.5, 0.6) is 0 Å². The number of Topliss-reactive ketones (excluding diaryl/α,β-unsaturated/α-hetero) is 1. The molecule has 0 amide bonds. The molecule has 0 saturated heterocycles. The fourth-order valence-corrected chi connectivity index (χ4v) is 7.94. The number of carbonyl (C=O) groups excluding carboxylic acids is 1. The fraction of sp³-hybridized carbons (Fsp3) is 0.136. The van der Waals surface area contributed by atoms with Crippen molar-refractivity contribution in [2.24, 2.45) is 0 Å². The van der Waals surface area contributed by atoms with E-state index in [9.17, 15) is 4.79 Å². The van der Waals surface area contributed by atoms with Crippen LogP contribution in [0.15, 0.2) is 91.0 Å². The van der Waals surface area contributed by atoms with Gasteiger partial charge in [-0.2, -0.15) is 0 Å². The van der Waals surface area contributed by atoms with E-state index in [2.05, 4.69) is 36.4 Å². The summed E-state index contributed by atoms with van der Waals surface area (Å²) in [6.07, 6.45) is 0. The van der Waals surface area contributed by atoms with Crippen molar-refractivity contribution in [3.63, 3.8) is 0 Å². The van der Waals surface area contributed by atoms with Gasteiger partial charge >= 0.3 is 0 Å². The lowest BCUT2D eigenvalue weighted by Gasteiger charge is -2.32. The molecule has 3 aromatic carbocycles. The summed E-state index contributed by atoms with van der Waals surface area (Å²) in [5, 5.41) is 3.44. The van der Waals surface area contributed by atoms with Gasteiger partial charge in [0.15, 0.2) is 5.78 Å². The topological polar surface area (TPSA) is 26.3 Å². The van der Waals surface area contributed by atoms with Crippen molar-refractivity contribution in [3.05, 3.63) is 91.0 Å². The molecule has 0 heterocycles. The molecule has 0 fully saturated rings. The van der Waals surface area contributed by atoms with Crippen molar-refractivity contribution in [2.75, 3.05) is 7.11 Å². The van der Waals surface area contributed by atoms with E-state index in [1.807, 2.05) is 54.6 Å². The monoisotopic (exact) mass is 384 g/mol. The predicted molar refractivity (Wildman–Crippen MR) is 107 cm³/mol. The van der Waals surface area contributed by atoms with Gasteiger partial charge < -0.3 is 17.1 Å². The molecule has 0 radical (unpaired) electrons. The van der Waals surface area contributed by atoms with Crippen molar-refractivity contribution in [1.29, 1.82) is 0 Å². The number of ether oxygens (including phenoxy) is 1. The molecule has 0 aliphatic rings. The number of methoxy groups -OCH3 is 1. The molecule has 0 N–H and O–H groups in total. The number of benzene rings is 3. The molecular formula is C22H22ClO2P. The van der Waals surface area contributed by atoms with E-state index in [1.165, 1.54) is 0 Å². The van der Waals surface area contributed by atoms with Gasteiger partial charge in [0.2, 0.25) is 5.85 Å². The zero-order valence-electron chi connectivity index (χ0n) is 14.9. The van der Waals surface area contributed by atoms with Gasteiger partial charge in [-0.3, -0.25) is 4.79 Å². The third kappa shape index (κ3) is 3.59. The molecule has 0 saturated carbocycles. The highest BCUT2D eigenvalue weighted by molar-refractivity contribution is 7.96. The molecule has 1 unspecified atom stereocenters. The Morgan fingerprint density at radius 1 is 0.731 bits per heavy atom. The summed E-state index contributed by atoms with van der Waals surface area (Å²) in [4.78, 5) is 12.6. The van der Waals surface area contributed by atoms with Crippen LogP contribution in [0.25, 0.3) is 0 Å². The lowest BCUT2D eigenvalue weighted by Crippen LogP contribution is -3.00. The van der Waals surface area contributed by atoms with E-state index in [0.29, 0.717) is 0 Å². The van der Waals surface area contributed by atoms with Gasteiger partial charge in [0.25, 0.3) is 0 Å². The van der Waals surface area contributed by atoms with Gasteiger partial charge in [0.1, 0.15) is 23.2 Å². The molecule has 26 heavy (non-hydrogen) atoms. The minimum absolute atomic E-state index is 0. The second kappa shape index (κ2) is 9.09. The van der Waals surface area contributed by atoms with E-state index in [4.69, 9.17) is 4.74 Å². The lowest BCUT2D eigenvalue weighted by molar-refractivity contribution is -0.122. The number of rotatable bonds is 6. The second-order valence-electron chi connectivity index (χ2n) is 5.93. The first-order valence-corrected chi connectivity index (χ1v) is 10.2. The highest BCUT2D eigenvalue weighted by Gasteiger charge is 2.55. The zero-order chi connectivity index (χ0) is 17.7. The zero-order valence-corrected chi connectivity index (χ0v) is 16.5. The normalized spacial score (nSPS) is 12.1. The molecule has 1 atom stereocenters. The highest BCUT2D eigenvalue weighted by Crippen LogP contribution is 2.60. The van der Waals surface area contributed by atoms with Crippen LogP contribution in [0, 0.1) is 0 Å². The maximum atomic E-state index is 12.6. The molecule has 0 bridgehead atoms. The third-order valence-electron chi connectivity index (χ3n) is 4.41. The maximum absolute atomic E-state index is 12.6. The molecular weight excluding hydrogens is 363 g/mol. The summed E-state index contributed by atoms with van der Waals surface area (Å²) < 4.78 is 5.84. The molecule has 0 aliphatic carbocycles. The van der Waals surface area contributed by atoms with E-state index in [0.717, 1.165) is 15.9 Å². The summed E-state index contributed by atoms with van der Waals surface area (Å²) in [5.41, 5.74) is 0. The molecule has 0 aromatic heterocycles. The van der Waals surface area contributed by atoms with E-state index in [1.54, 1.807) is 14.0 Å². The molecule has 3 aromatic rings. The minimum atomic E-state index is -2.29. The highest BCUT2D eigenvalue weighted by atomic mass is 35.5. The summed E-state index contributed by atoms with van der Waals surface area (Å²) in [6.45, 7) is 1.62. The molecule has 0 aliphatic heterocycles. The SMILES string of the molecule is COC(C(C)=O)[P+](c1ccccc1)(c1ccccc1)c1ccccc1.[Cl-]. The van der Waals surface area contributed by atoms with Gasteiger partial charge in [-0.25, -0.2) is 0 Å². The largest absolute Gasteiger partial charge is 1.00 e. The standard InChI is InChI=1S/C22H22O2P.ClH/c1-18(23)22(24-2)25(19-12-6-3-7-13-19,20-14-8-4-9-15-20)21-16-10-5-11-17-21;/h3-17,22H,1-2H3;1H/q+1;/p-1. The number of carbonyl (C=O) groups is 1. The Bertz CT molecular complexity index is 726. The second-order valence-corrected chi connectivity index (χ2v) is 9.39. The Morgan fingerprint density at radius 3 is 1.27 bits per heavy atom. The van der Waals surface area contributed by atoms with Crippen molar-refractivity contribution >= 4 is 29.0 Å². The smallest absolute Gasteiger partial charge is 0.239 e. The van der Waals surface area contributed by atoms with E-state index >= 15 is 0 Å². The summed E-state index contributed by atoms with van der Waals surface area (Å²) >= 11 is 0. The van der Waals surface area contributed by atoms with Gasteiger partial charge in [0, 0.05) is 14.0 Å². The number of hydrogen-bond acceptors (Lipinski definition) is 2. The Hall–Kier alpha value is -1.99. The van der Waals surface area contributed by atoms with Gasteiger partial charge in [-0.15, -0.1) is 0 Å². The van der Waals surface area contributed by atoms with E-state index in [-0.39, 0.29) is 18.2 Å². The first-order valence-electron chi connectivity index (χ1n) is 8.30. The Labute approximate surface area is 162 Å². The van der Waals surface area contributed by atoms with E-state index < -0.39 is 13.1 Å². The van der Waals surface area contributed by atoms with Crippen LogP contribution < -0.4 is 28.3 Å². The minimum Gasteiger partial charge on any atom is -1.00 e. The van der Waals surface area contributed by atoms with Crippen molar-refractivity contribution in [2.45, 2.75) is 12.8 Å². The Balaban J connectivity index is 0.00000243. The summed E-state index contributed by atoms with van der Waals surface area (Å²) in [7, 11) is -0.657. The van der Waals surface area contributed by atoms with Gasteiger partial charge in [0.05, 0.1) is 0 Å². The van der Waals surface area contributed by atoms with Crippen LogP contribution in [0.2, 0.25) is 0 Å². The van der Waals surface area contributed by atoms with Crippen LogP contribution in [-0.4, -0.2) is 18.7 Å². The summed E-state index contributed by atoms with van der Waals surface area (Å²) in [6, 6.07) is 30.9. The number of ketones is 1. The Morgan fingerprint density at radius 2 is 1.04 bits per heavy atom. The van der Waals surface area contributed by atoms with Crippen LogP contribution in [-0.2, 0) is 9.53 Å². The van der Waals surface area contributed by atoms with Crippen LogP contribution in [0.4, 0.5) is 0 Å². The molecule has 3 rings (SSSR count). The molecule has 4 heteroatoms. The third-order valence-corrected chi connectivity index (χ3v) is 9.03. The average Bonchev–Trinajstić information content (AvgIpc) is 2.68. The Kier molecular flexibility index (Phi) is 7.11. The quantitative estimate of drug-likeness (QED) is 0.580. The van der Waals surface area contributed by atoms with Gasteiger partial charge in [-0.05, 0) is 36.4 Å². The molecule has 0 spiro atoms. The summed E-state index contributed by atoms with van der Waals surface area (Å²) in [5.74, 6) is -0.466. The first-order chi connectivity index (χ1) is 12.2. The molecule has 2 nitrogen and oxygen atoms in total. The van der Waals surface area contributed by atoms with Crippen molar-refractivity contribution in [1.82, 2.24) is 0 Å².